The van der Waals surface area contributed by atoms with Crippen LogP contribution in [0.25, 0.3) is 0 Å². The summed E-state index contributed by atoms with van der Waals surface area (Å²) in [4.78, 5) is 12.6. The molecule has 0 fully saturated rings. The summed E-state index contributed by atoms with van der Waals surface area (Å²) >= 11 is 5.29. The molecule has 0 aliphatic carbocycles. The van der Waals surface area contributed by atoms with E-state index in [9.17, 15) is 23.2 Å². The monoisotopic (exact) mass is 451 g/mol. The molecule has 4 nitrogen and oxygen atoms in total. The van der Waals surface area contributed by atoms with Gasteiger partial charge in [0.05, 0.1) is 5.92 Å². The molecule has 31 heavy (non-hydrogen) atoms. The topological polar surface area (TPSA) is 59.3 Å². The highest BCUT2D eigenvalue weighted by atomic mass is 35.5. The van der Waals surface area contributed by atoms with Crippen molar-refractivity contribution in [3.8, 4) is 17.6 Å². The van der Waals surface area contributed by atoms with Crippen LogP contribution in [0, 0.1) is 23.2 Å². The molecule has 0 aliphatic rings. The van der Waals surface area contributed by atoms with Gasteiger partial charge >= 0.3 is 12.1 Å². The number of benzene rings is 2. The Bertz CT molecular complexity index is 955. The van der Waals surface area contributed by atoms with E-state index in [-0.39, 0.29) is 6.42 Å². The Morgan fingerprint density at radius 2 is 1.81 bits per heavy atom. The number of nitrogens with zero attached hydrogens (tertiary/aromatic N) is 1. The van der Waals surface area contributed by atoms with Crippen LogP contribution in [0.15, 0.2) is 65.7 Å². The number of allylic oxidation sites excluding steroid dienone is 2. The van der Waals surface area contributed by atoms with Gasteiger partial charge in [-0.2, -0.15) is 18.4 Å². The minimum Gasteiger partial charge on any atom is -0.457 e. The molecule has 0 heterocycles. The van der Waals surface area contributed by atoms with Gasteiger partial charge in [0.1, 0.15) is 22.6 Å². The molecule has 0 spiro atoms. The van der Waals surface area contributed by atoms with Crippen molar-refractivity contribution in [3.63, 3.8) is 0 Å². The van der Waals surface area contributed by atoms with Gasteiger partial charge in [-0.25, -0.2) is 0 Å². The van der Waals surface area contributed by atoms with Crippen LogP contribution in [-0.2, 0) is 9.53 Å². The van der Waals surface area contributed by atoms with E-state index in [1.165, 1.54) is 6.92 Å². The second kappa shape index (κ2) is 10.9. The minimum absolute atomic E-state index is 0.216. The molecule has 0 aromatic heterocycles. The molecule has 0 amide bonds. The molecule has 8 heteroatoms. The first-order chi connectivity index (χ1) is 14.7. The largest absolute Gasteiger partial charge is 0.457 e. The van der Waals surface area contributed by atoms with Gasteiger partial charge in [-0.1, -0.05) is 61.9 Å². The highest BCUT2D eigenvalue weighted by molar-refractivity contribution is 6.30. The zero-order chi connectivity index (χ0) is 23.0. The maximum absolute atomic E-state index is 12.7. The van der Waals surface area contributed by atoms with Crippen LogP contribution in [0.4, 0.5) is 13.2 Å². The van der Waals surface area contributed by atoms with Gasteiger partial charge in [0.2, 0.25) is 6.10 Å². The lowest BCUT2D eigenvalue weighted by Crippen LogP contribution is -2.25. The molecular weight excluding hydrogens is 431 g/mol. The van der Waals surface area contributed by atoms with E-state index in [1.807, 2.05) is 24.3 Å². The fourth-order valence-electron chi connectivity index (χ4n) is 2.93. The normalized spacial score (nSPS) is 14.8. The quantitative estimate of drug-likeness (QED) is 0.408. The molecule has 0 unspecified atom stereocenters. The number of alkyl halides is 3. The van der Waals surface area contributed by atoms with Crippen molar-refractivity contribution < 1.29 is 27.4 Å². The lowest BCUT2D eigenvalue weighted by atomic mass is 9.91. The number of para-hydroxylation sites is 1. The van der Waals surface area contributed by atoms with Crippen molar-refractivity contribution in [1.29, 1.82) is 5.26 Å². The number of hydrogen-bond acceptors (Lipinski definition) is 4. The van der Waals surface area contributed by atoms with Crippen molar-refractivity contribution in [1.82, 2.24) is 0 Å². The Labute approximate surface area is 183 Å². The Hall–Kier alpha value is -2.98. The second-order valence-corrected chi connectivity index (χ2v) is 7.23. The average Bonchev–Trinajstić information content (AvgIpc) is 2.72. The number of rotatable bonds is 8. The van der Waals surface area contributed by atoms with Gasteiger partial charge in [-0.05, 0) is 36.6 Å². The smallest absolute Gasteiger partial charge is 0.426 e. The van der Waals surface area contributed by atoms with Gasteiger partial charge in [0.15, 0.2) is 0 Å². The van der Waals surface area contributed by atoms with Crippen LogP contribution in [0.1, 0.15) is 31.9 Å². The zero-order valence-corrected chi connectivity index (χ0v) is 17.7. The summed E-state index contributed by atoms with van der Waals surface area (Å²) in [6, 6.07) is 17.4. The molecule has 164 valence electrons. The van der Waals surface area contributed by atoms with Crippen LogP contribution in [0.5, 0.6) is 11.5 Å². The van der Waals surface area contributed by atoms with Gasteiger partial charge < -0.3 is 9.47 Å². The Morgan fingerprint density at radius 3 is 2.39 bits per heavy atom. The third-order valence-electron chi connectivity index (χ3n) is 4.55. The lowest BCUT2D eigenvalue weighted by molar-refractivity contribution is -0.153. The van der Waals surface area contributed by atoms with Gasteiger partial charge in [-0.3, -0.25) is 4.79 Å². The summed E-state index contributed by atoms with van der Waals surface area (Å²) in [5.41, 5.74) is 0.385. The summed E-state index contributed by atoms with van der Waals surface area (Å²) in [5.74, 6) is -1.47. The number of nitriles is 1. The van der Waals surface area contributed by atoms with E-state index < -0.39 is 35.1 Å². The molecule has 0 bridgehead atoms. The summed E-state index contributed by atoms with van der Waals surface area (Å²) in [5, 5.41) is 8.21. The maximum atomic E-state index is 12.7. The van der Waals surface area contributed by atoms with E-state index in [4.69, 9.17) is 21.1 Å². The molecule has 2 aromatic carbocycles. The lowest BCUT2D eigenvalue weighted by Gasteiger charge is -2.21. The number of esters is 1. The van der Waals surface area contributed by atoms with Crippen LogP contribution in [0.3, 0.4) is 0 Å². The highest BCUT2D eigenvalue weighted by Crippen LogP contribution is 2.33. The van der Waals surface area contributed by atoms with Gasteiger partial charge in [0, 0.05) is 5.56 Å². The van der Waals surface area contributed by atoms with Gasteiger partial charge in [0.25, 0.3) is 0 Å². The third-order valence-corrected chi connectivity index (χ3v) is 4.89. The van der Waals surface area contributed by atoms with Crippen molar-refractivity contribution >= 4 is 17.6 Å². The van der Waals surface area contributed by atoms with E-state index in [0.29, 0.717) is 17.1 Å². The number of halogens is 4. The molecule has 0 saturated carbocycles. The standard InChI is InChI=1S/C23H21ClF3NO3/c1-3-19(15(2)12-21(24)23(25,26)27)22(29)31-20(14-28)16-8-7-11-18(13-16)30-17-9-5-4-6-10-17/h4-13,15,19-20H,3H2,1-2H3/b21-12-/t15-,19-,20+/m1/s1. The molecule has 0 radical (unpaired) electrons. The predicted molar refractivity (Wildman–Crippen MR) is 110 cm³/mol. The fourth-order valence-corrected chi connectivity index (χ4v) is 3.13. The van der Waals surface area contributed by atoms with E-state index in [0.717, 1.165) is 6.08 Å². The first kappa shape index (κ1) is 24.3. The van der Waals surface area contributed by atoms with Crippen LogP contribution in [0.2, 0.25) is 0 Å². The van der Waals surface area contributed by atoms with Crippen LogP contribution >= 0.6 is 11.6 Å². The van der Waals surface area contributed by atoms with Crippen LogP contribution in [-0.4, -0.2) is 12.1 Å². The van der Waals surface area contributed by atoms with Crippen molar-refractivity contribution in [2.24, 2.45) is 11.8 Å². The summed E-state index contributed by atoms with van der Waals surface area (Å²) in [6.45, 7) is 3.09. The zero-order valence-electron chi connectivity index (χ0n) is 16.9. The minimum atomic E-state index is -4.69. The maximum Gasteiger partial charge on any atom is 0.426 e. The Balaban J connectivity index is 2.15. The number of ether oxygens (including phenoxy) is 2. The van der Waals surface area contributed by atoms with Crippen molar-refractivity contribution in [3.05, 3.63) is 71.3 Å². The predicted octanol–water partition coefficient (Wildman–Crippen LogP) is 6.93. The fraction of sp³-hybridized carbons (Fsp3) is 0.304. The third kappa shape index (κ3) is 7.04. The molecule has 3 atom stereocenters. The molecule has 0 aliphatic heterocycles. The van der Waals surface area contributed by atoms with E-state index in [1.54, 1.807) is 43.3 Å². The Morgan fingerprint density at radius 1 is 1.16 bits per heavy atom. The van der Waals surface area contributed by atoms with Crippen LogP contribution < -0.4 is 4.74 Å². The number of hydrogen-bond donors (Lipinski definition) is 0. The van der Waals surface area contributed by atoms with E-state index in [2.05, 4.69) is 0 Å². The van der Waals surface area contributed by atoms with Crippen molar-refractivity contribution in [2.45, 2.75) is 32.5 Å². The average molecular weight is 452 g/mol. The van der Waals surface area contributed by atoms with Gasteiger partial charge in [-0.15, -0.1) is 0 Å². The Kier molecular flexibility index (Phi) is 8.52. The summed E-state index contributed by atoms with van der Waals surface area (Å²) in [6.07, 6.45) is -4.93. The van der Waals surface area contributed by atoms with Crippen molar-refractivity contribution in [2.75, 3.05) is 0 Å². The second-order valence-electron chi connectivity index (χ2n) is 6.82. The molecule has 2 aromatic rings. The molecule has 0 saturated heterocycles. The molecular formula is C23H21ClF3NO3. The molecule has 2 rings (SSSR count). The first-order valence-electron chi connectivity index (χ1n) is 9.53. The summed E-state index contributed by atoms with van der Waals surface area (Å²) in [7, 11) is 0. The highest BCUT2D eigenvalue weighted by Gasteiger charge is 2.35. The SMILES string of the molecule is CC[C@@H](C(=O)O[C@@H](C#N)c1cccc(Oc2ccccc2)c1)[C@H](C)/C=C(\Cl)C(F)(F)F. The first-order valence-corrected chi connectivity index (χ1v) is 9.91. The summed E-state index contributed by atoms with van der Waals surface area (Å²) < 4.78 is 49.1. The number of carbonyl (C=O) groups is 1. The number of carbonyl (C=O) groups excluding carboxylic acids is 1. The molecule has 0 N–H and O–H groups in total. The van der Waals surface area contributed by atoms with E-state index >= 15 is 0 Å².